The lowest BCUT2D eigenvalue weighted by Crippen LogP contribution is -2.46. The van der Waals surface area contributed by atoms with Crippen LogP contribution in [0.5, 0.6) is 0 Å². The van der Waals surface area contributed by atoms with Crippen molar-refractivity contribution in [3.8, 4) is 0 Å². The van der Waals surface area contributed by atoms with Gasteiger partial charge in [0.1, 0.15) is 0 Å². The van der Waals surface area contributed by atoms with E-state index in [1.54, 1.807) is 6.08 Å². The van der Waals surface area contributed by atoms with Crippen molar-refractivity contribution in [1.29, 1.82) is 0 Å². The number of nitrogens with one attached hydrogen (secondary N) is 1. The maximum absolute atomic E-state index is 11.9. The van der Waals surface area contributed by atoms with E-state index in [0.29, 0.717) is 0 Å². The highest BCUT2D eigenvalue weighted by atomic mass is 16.1. The van der Waals surface area contributed by atoms with Crippen LogP contribution in [0.3, 0.4) is 0 Å². The second-order valence-corrected chi connectivity index (χ2v) is 7.41. The van der Waals surface area contributed by atoms with Crippen LogP contribution in [0.15, 0.2) is 60.7 Å². The second-order valence-electron chi connectivity index (χ2n) is 7.41. The molecule has 1 heterocycles. The van der Waals surface area contributed by atoms with Crippen LogP contribution in [-0.2, 0) is 4.79 Å². The number of hydrogen-bond donors (Lipinski definition) is 1. The minimum Gasteiger partial charge on any atom is -0.369 e. The third kappa shape index (κ3) is 6.54. The minimum atomic E-state index is -0.0179. The summed E-state index contributed by atoms with van der Waals surface area (Å²) in [5.74, 6) is -0.0179. The van der Waals surface area contributed by atoms with Gasteiger partial charge in [-0.1, -0.05) is 42.5 Å². The number of anilines is 1. The van der Waals surface area contributed by atoms with Gasteiger partial charge in [0, 0.05) is 44.5 Å². The van der Waals surface area contributed by atoms with Gasteiger partial charge < -0.3 is 10.2 Å². The molecular weight excluding hydrogens is 346 g/mol. The minimum absolute atomic E-state index is 0.0179. The molecule has 0 aliphatic carbocycles. The van der Waals surface area contributed by atoms with Crippen molar-refractivity contribution in [3.63, 3.8) is 0 Å². The Hall–Kier alpha value is -2.59. The molecule has 0 spiro atoms. The zero-order valence-corrected chi connectivity index (χ0v) is 16.8. The molecule has 2 aromatic carbocycles. The number of rotatable bonds is 8. The van der Waals surface area contributed by atoms with E-state index in [9.17, 15) is 4.79 Å². The third-order valence-corrected chi connectivity index (χ3v) is 5.17. The van der Waals surface area contributed by atoms with Crippen LogP contribution in [0.2, 0.25) is 0 Å². The van der Waals surface area contributed by atoms with Crippen molar-refractivity contribution in [3.05, 3.63) is 71.8 Å². The molecule has 3 rings (SSSR count). The summed E-state index contributed by atoms with van der Waals surface area (Å²) in [4.78, 5) is 16.9. The molecule has 2 aromatic rings. The Bertz CT molecular complexity index is 764. The summed E-state index contributed by atoms with van der Waals surface area (Å²) in [7, 11) is 0. The van der Waals surface area contributed by atoms with Gasteiger partial charge in [-0.3, -0.25) is 9.69 Å². The van der Waals surface area contributed by atoms with E-state index in [0.717, 1.165) is 57.7 Å². The van der Waals surface area contributed by atoms with Gasteiger partial charge in [0.05, 0.1) is 0 Å². The van der Waals surface area contributed by atoms with Crippen molar-refractivity contribution < 1.29 is 4.79 Å². The predicted molar refractivity (Wildman–Crippen MR) is 118 cm³/mol. The van der Waals surface area contributed by atoms with E-state index in [-0.39, 0.29) is 5.91 Å². The van der Waals surface area contributed by atoms with E-state index < -0.39 is 0 Å². The molecule has 1 fully saturated rings. The van der Waals surface area contributed by atoms with Crippen LogP contribution in [0.1, 0.15) is 24.0 Å². The number of carbonyl (C=O) groups is 1. The third-order valence-electron chi connectivity index (χ3n) is 5.17. The van der Waals surface area contributed by atoms with Gasteiger partial charge in [-0.25, -0.2) is 0 Å². The zero-order valence-electron chi connectivity index (χ0n) is 16.8. The first kappa shape index (κ1) is 20.2. The molecule has 0 aromatic heterocycles. The first-order valence-corrected chi connectivity index (χ1v) is 10.3. The summed E-state index contributed by atoms with van der Waals surface area (Å²) < 4.78 is 0. The molecule has 0 radical (unpaired) electrons. The lowest BCUT2D eigenvalue weighted by molar-refractivity contribution is -0.116. The van der Waals surface area contributed by atoms with Gasteiger partial charge in [0.2, 0.25) is 5.91 Å². The summed E-state index contributed by atoms with van der Waals surface area (Å²) in [5.41, 5.74) is 3.70. The standard InChI is InChI=1S/C24H31N3O/c1-21-8-7-11-23(20-21)27-18-16-26(17-19-27)15-6-5-14-25-24(28)13-12-22-9-3-2-4-10-22/h2-4,7-13,20H,5-6,14-19H2,1H3,(H,25,28)/b13-12+. The molecule has 0 bridgehead atoms. The predicted octanol–water partition coefficient (Wildman–Crippen LogP) is 3.73. The quantitative estimate of drug-likeness (QED) is 0.562. The summed E-state index contributed by atoms with van der Waals surface area (Å²) in [6.45, 7) is 8.39. The highest BCUT2D eigenvalue weighted by Crippen LogP contribution is 2.17. The summed E-state index contributed by atoms with van der Waals surface area (Å²) >= 11 is 0. The Morgan fingerprint density at radius 1 is 1.00 bits per heavy atom. The van der Waals surface area contributed by atoms with Crippen molar-refractivity contribution in [2.75, 3.05) is 44.2 Å². The monoisotopic (exact) mass is 377 g/mol. The fraction of sp³-hybridized carbons (Fsp3) is 0.375. The second kappa shape index (κ2) is 10.7. The molecule has 1 aliphatic rings. The molecule has 1 amide bonds. The maximum atomic E-state index is 11.9. The molecule has 148 valence electrons. The van der Waals surface area contributed by atoms with Crippen LogP contribution in [0.25, 0.3) is 6.08 Å². The molecule has 1 aliphatic heterocycles. The largest absolute Gasteiger partial charge is 0.369 e. The first-order valence-electron chi connectivity index (χ1n) is 10.3. The van der Waals surface area contributed by atoms with Crippen LogP contribution in [0.4, 0.5) is 5.69 Å². The van der Waals surface area contributed by atoms with Crippen molar-refractivity contribution in [1.82, 2.24) is 10.2 Å². The van der Waals surface area contributed by atoms with Gasteiger partial charge >= 0.3 is 0 Å². The van der Waals surface area contributed by atoms with Gasteiger partial charge in [0.15, 0.2) is 0 Å². The van der Waals surface area contributed by atoms with E-state index >= 15 is 0 Å². The molecule has 4 heteroatoms. The fourth-order valence-corrected chi connectivity index (χ4v) is 3.52. The van der Waals surface area contributed by atoms with Crippen LogP contribution >= 0.6 is 0 Å². The zero-order chi connectivity index (χ0) is 19.6. The lowest BCUT2D eigenvalue weighted by atomic mass is 10.2. The van der Waals surface area contributed by atoms with Crippen molar-refractivity contribution in [2.45, 2.75) is 19.8 Å². The average Bonchev–Trinajstić information content (AvgIpc) is 2.73. The van der Waals surface area contributed by atoms with E-state index in [1.165, 1.54) is 11.3 Å². The Morgan fingerprint density at radius 3 is 2.54 bits per heavy atom. The van der Waals surface area contributed by atoms with Gasteiger partial charge in [-0.2, -0.15) is 0 Å². The molecule has 0 unspecified atom stereocenters. The smallest absolute Gasteiger partial charge is 0.243 e. The number of nitrogens with zero attached hydrogens (tertiary/aromatic N) is 2. The molecule has 1 N–H and O–H groups in total. The summed E-state index contributed by atoms with van der Waals surface area (Å²) in [6, 6.07) is 18.7. The number of unbranched alkanes of at least 4 members (excludes halogenated alkanes) is 1. The summed E-state index contributed by atoms with van der Waals surface area (Å²) in [5, 5.41) is 2.97. The van der Waals surface area contributed by atoms with E-state index in [2.05, 4.69) is 46.3 Å². The van der Waals surface area contributed by atoms with Crippen LogP contribution < -0.4 is 10.2 Å². The SMILES string of the molecule is Cc1cccc(N2CCN(CCCCNC(=O)/C=C/c3ccccc3)CC2)c1. The Morgan fingerprint density at radius 2 is 1.79 bits per heavy atom. The highest BCUT2D eigenvalue weighted by Gasteiger charge is 2.16. The van der Waals surface area contributed by atoms with Crippen molar-refractivity contribution >= 4 is 17.7 Å². The van der Waals surface area contributed by atoms with E-state index in [1.807, 2.05) is 36.4 Å². The number of hydrogen-bond acceptors (Lipinski definition) is 3. The number of piperazine rings is 1. The van der Waals surface area contributed by atoms with Crippen LogP contribution in [-0.4, -0.2) is 50.1 Å². The molecule has 1 saturated heterocycles. The Labute approximate surface area is 168 Å². The van der Waals surface area contributed by atoms with Gasteiger partial charge in [-0.15, -0.1) is 0 Å². The summed E-state index contributed by atoms with van der Waals surface area (Å²) in [6.07, 6.45) is 5.60. The van der Waals surface area contributed by atoms with Gasteiger partial charge in [0.25, 0.3) is 0 Å². The fourth-order valence-electron chi connectivity index (χ4n) is 3.52. The molecule has 4 nitrogen and oxygen atoms in total. The van der Waals surface area contributed by atoms with Crippen LogP contribution in [0, 0.1) is 6.92 Å². The first-order chi connectivity index (χ1) is 13.7. The average molecular weight is 378 g/mol. The Balaban J connectivity index is 1.27. The number of benzene rings is 2. The van der Waals surface area contributed by atoms with Crippen molar-refractivity contribution in [2.24, 2.45) is 0 Å². The molecule has 0 atom stereocenters. The van der Waals surface area contributed by atoms with Gasteiger partial charge in [-0.05, 0) is 55.6 Å². The highest BCUT2D eigenvalue weighted by molar-refractivity contribution is 5.91. The number of carbonyl (C=O) groups excluding carboxylic acids is 1. The molecule has 28 heavy (non-hydrogen) atoms. The number of aryl methyl sites for hydroxylation is 1. The maximum Gasteiger partial charge on any atom is 0.243 e. The normalized spacial score (nSPS) is 15.1. The topological polar surface area (TPSA) is 35.6 Å². The lowest BCUT2D eigenvalue weighted by Gasteiger charge is -2.36. The number of amides is 1. The van der Waals surface area contributed by atoms with E-state index in [4.69, 9.17) is 0 Å². The molecular formula is C24H31N3O. The Kier molecular flexibility index (Phi) is 7.68. The molecule has 0 saturated carbocycles.